The maximum absolute atomic E-state index is 10.8. The number of nitrogens with zero attached hydrogens (tertiary/aromatic N) is 1. The third-order valence-electron chi connectivity index (χ3n) is 3.69. The Morgan fingerprint density at radius 1 is 1.33 bits per heavy atom. The van der Waals surface area contributed by atoms with Gasteiger partial charge in [-0.05, 0) is 24.8 Å². The molecule has 1 aliphatic rings. The summed E-state index contributed by atoms with van der Waals surface area (Å²) in [5, 5.41) is 4.20. The van der Waals surface area contributed by atoms with Gasteiger partial charge in [0.1, 0.15) is 0 Å². The van der Waals surface area contributed by atoms with E-state index in [1.165, 1.54) is 12.0 Å². The van der Waals surface area contributed by atoms with E-state index >= 15 is 0 Å². The van der Waals surface area contributed by atoms with Crippen LogP contribution in [0.25, 0.3) is 0 Å². The van der Waals surface area contributed by atoms with E-state index < -0.39 is 6.03 Å². The van der Waals surface area contributed by atoms with Crippen molar-refractivity contribution in [1.29, 1.82) is 0 Å². The molecule has 18 heavy (non-hydrogen) atoms. The minimum absolute atomic E-state index is 0.0953. The van der Waals surface area contributed by atoms with Gasteiger partial charge in [0.25, 0.3) is 0 Å². The lowest BCUT2D eigenvalue weighted by molar-refractivity contribution is 0.249. The average molecular weight is 245 g/mol. The number of urea groups is 1. The zero-order valence-corrected chi connectivity index (χ0v) is 10.6. The van der Waals surface area contributed by atoms with Crippen LogP contribution in [-0.4, -0.2) is 11.7 Å². The summed E-state index contributed by atoms with van der Waals surface area (Å²) in [5.41, 5.74) is 9.61. The molecule has 0 radical (unpaired) electrons. The fourth-order valence-corrected chi connectivity index (χ4v) is 2.61. The lowest BCUT2D eigenvalue weighted by atomic mass is 9.69. The van der Waals surface area contributed by atoms with Crippen molar-refractivity contribution in [3.05, 3.63) is 35.9 Å². The van der Waals surface area contributed by atoms with Gasteiger partial charge in [0.05, 0.1) is 0 Å². The highest BCUT2D eigenvalue weighted by Crippen LogP contribution is 2.36. The van der Waals surface area contributed by atoms with Crippen molar-refractivity contribution >= 4 is 11.7 Å². The Labute approximate surface area is 107 Å². The quantitative estimate of drug-likeness (QED) is 0.772. The Morgan fingerprint density at radius 2 is 2.06 bits per heavy atom. The number of hydrogen-bond acceptors (Lipinski definition) is 2. The molecule has 3 N–H and O–H groups in total. The Bertz CT molecular complexity index is 455. The molecular formula is C14H19N3O. The van der Waals surface area contributed by atoms with E-state index in [0.717, 1.165) is 25.0 Å². The van der Waals surface area contributed by atoms with E-state index in [1.54, 1.807) is 0 Å². The summed E-state index contributed by atoms with van der Waals surface area (Å²) >= 11 is 0. The maximum atomic E-state index is 10.8. The zero-order chi connectivity index (χ0) is 13.0. The third kappa shape index (κ3) is 2.53. The second-order valence-electron chi connectivity index (χ2n) is 4.94. The number of carbonyl (C=O) groups is 1. The van der Waals surface area contributed by atoms with Crippen LogP contribution in [0.4, 0.5) is 4.79 Å². The summed E-state index contributed by atoms with van der Waals surface area (Å²) in [5.74, 6) is 0. The van der Waals surface area contributed by atoms with Crippen molar-refractivity contribution in [2.45, 2.75) is 38.0 Å². The number of nitrogens with two attached hydrogens (primary N) is 1. The summed E-state index contributed by atoms with van der Waals surface area (Å²) in [4.78, 5) is 10.8. The molecule has 1 fully saturated rings. The van der Waals surface area contributed by atoms with Crippen LogP contribution in [0.5, 0.6) is 0 Å². The molecule has 0 aliphatic heterocycles. The second kappa shape index (κ2) is 5.21. The summed E-state index contributed by atoms with van der Waals surface area (Å²) < 4.78 is 0. The van der Waals surface area contributed by atoms with E-state index in [-0.39, 0.29) is 5.41 Å². The number of carbonyl (C=O) groups excluding carboxylic acids is 1. The van der Waals surface area contributed by atoms with E-state index in [4.69, 9.17) is 5.73 Å². The minimum atomic E-state index is -0.608. The number of nitrogens with one attached hydrogen (secondary N) is 1. The van der Waals surface area contributed by atoms with E-state index in [0.29, 0.717) is 0 Å². The van der Waals surface area contributed by atoms with Gasteiger partial charge in [0, 0.05) is 11.1 Å². The predicted molar refractivity (Wildman–Crippen MR) is 72.4 cm³/mol. The molecule has 1 aliphatic carbocycles. The molecule has 0 saturated heterocycles. The molecule has 0 heterocycles. The van der Waals surface area contributed by atoms with E-state index in [1.807, 2.05) is 18.2 Å². The van der Waals surface area contributed by atoms with Crippen molar-refractivity contribution in [2.24, 2.45) is 10.8 Å². The molecule has 1 saturated carbocycles. The predicted octanol–water partition coefficient (Wildman–Crippen LogP) is 2.54. The lowest BCUT2D eigenvalue weighted by Gasteiger charge is -2.35. The lowest BCUT2D eigenvalue weighted by Crippen LogP contribution is -2.38. The van der Waals surface area contributed by atoms with Gasteiger partial charge in [0.15, 0.2) is 0 Å². The number of rotatable bonds is 2. The molecule has 0 spiro atoms. The molecule has 0 aromatic heterocycles. The normalized spacial score (nSPS) is 25.9. The first kappa shape index (κ1) is 12.6. The van der Waals surface area contributed by atoms with Crippen LogP contribution in [0.15, 0.2) is 35.4 Å². The SMILES string of the molecule is CC1(c2ccccc2)CCCC/C1=N\NC(N)=O. The molecule has 1 aromatic rings. The fraction of sp³-hybridized carbons (Fsp3) is 0.429. The van der Waals surface area contributed by atoms with Gasteiger partial charge in [-0.25, -0.2) is 10.2 Å². The largest absolute Gasteiger partial charge is 0.350 e. The van der Waals surface area contributed by atoms with Gasteiger partial charge >= 0.3 is 6.03 Å². The second-order valence-corrected chi connectivity index (χ2v) is 4.94. The highest BCUT2D eigenvalue weighted by molar-refractivity contribution is 5.95. The first-order valence-electron chi connectivity index (χ1n) is 6.31. The number of benzene rings is 1. The summed E-state index contributed by atoms with van der Waals surface area (Å²) in [6, 6.07) is 9.70. The third-order valence-corrected chi connectivity index (χ3v) is 3.69. The first-order valence-corrected chi connectivity index (χ1v) is 6.31. The van der Waals surface area contributed by atoms with Gasteiger partial charge in [-0.1, -0.05) is 43.7 Å². The molecule has 1 aromatic carbocycles. The summed E-state index contributed by atoms with van der Waals surface area (Å²) in [6.07, 6.45) is 4.25. The number of amides is 2. The highest BCUT2D eigenvalue weighted by atomic mass is 16.2. The van der Waals surface area contributed by atoms with Crippen molar-refractivity contribution in [3.8, 4) is 0 Å². The summed E-state index contributed by atoms with van der Waals surface area (Å²) in [7, 11) is 0. The topological polar surface area (TPSA) is 67.5 Å². The summed E-state index contributed by atoms with van der Waals surface area (Å²) in [6.45, 7) is 2.18. The monoisotopic (exact) mass is 245 g/mol. The number of primary amides is 1. The highest BCUT2D eigenvalue weighted by Gasteiger charge is 2.34. The van der Waals surface area contributed by atoms with E-state index in [9.17, 15) is 4.79 Å². The minimum Gasteiger partial charge on any atom is -0.350 e. The zero-order valence-electron chi connectivity index (χ0n) is 10.6. The smallest absolute Gasteiger partial charge is 0.332 e. The van der Waals surface area contributed by atoms with E-state index in [2.05, 4.69) is 29.6 Å². The number of hydrogen-bond donors (Lipinski definition) is 2. The van der Waals surface area contributed by atoms with Crippen molar-refractivity contribution in [3.63, 3.8) is 0 Å². The number of hydrazone groups is 1. The maximum Gasteiger partial charge on any atom is 0.332 e. The Hall–Kier alpha value is -1.84. The molecule has 4 nitrogen and oxygen atoms in total. The average Bonchev–Trinajstić information content (AvgIpc) is 2.39. The Kier molecular flexibility index (Phi) is 3.65. The van der Waals surface area contributed by atoms with Crippen molar-refractivity contribution < 1.29 is 4.79 Å². The molecule has 0 bridgehead atoms. The van der Waals surface area contributed by atoms with Gasteiger partial charge in [0.2, 0.25) is 0 Å². The molecule has 1 atom stereocenters. The van der Waals surface area contributed by atoms with Crippen LogP contribution in [0.2, 0.25) is 0 Å². The van der Waals surface area contributed by atoms with Gasteiger partial charge in [-0.3, -0.25) is 0 Å². The van der Waals surface area contributed by atoms with Crippen LogP contribution in [0, 0.1) is 0 Å². The molecule has 2 amide bonds. The van der Waals surface area contributed by atoms with Crippen LogP contribution < -0.4 is 11.2 Å². The molecule has 4 heteroatoms. The standard InChI is InChI=1S/C14H19N3O/c1-14(11-7-3-2-4-8-11)10-6-5-9-12(14)16-17-13(15)18/h2-4,7-8H,5-6,9-10H2,1H3,(H3,15,17,18)/b16-12+. The van der Waals surface area contributed by atoms with Gasteiger partial charge in [-0.2, -0.15) is 5.10 Å². The van der Waals surface area contributed by atoms with Gasteiger partial charge < -0.3 is 5.73 Å². The molecule has 2 rings (SSSR count). The molecule has 96 valence electrons. The van der Waals surface area contributed by atoms with Crippen LogP contribution in [-0.2, 0) is 5.41 Å². The fourth-order valence-electron chi connectivity index (χ4n) is 2.61. The van der Waals surface area contributed by atoms with Crippen molar-refractivity contribution in [1.82, 2.24) is 5.43 Å². The van der Waals surface area contributed by atoms with Crippen LogP contribution in [0.3, 0.4) is 0 Å². The Balaban J connectivity index is 2.32. The van der Waals surface area contributed by atoms with Crippen LogP contribution >= 0.6 is 0 Å². The van der Waals surface area contributed by atoms with Crippen LogP contribution in [0.1, 0.15) is 38.2 Å². The van der Waals surface area contributed by atoms with Crippen molar-refractivity contribution in [2.75, 3.05) is 0 Å². The first-order chi connectivity index (χ1) is 8.63. The molecular weight excluding hydrogens is 226 g/mol. The Morgan fingerprint density at radius 3 is 2.72 bits per heavy atom. The molecule has 1 unspecified atom stereocenters. The van der Waals surface area contributed by atoms with Gasteiger partial charge in [-0.15, -0.1) is 0 Å².